The van der Waals surface area contributed by atoms with Crippen LogP contribution in [-0.2, 0) is 14.8 Å². The van der Waals surface area contributed by atoms with E-state index >= 15 is 0 Å². The quantitative estimate of drug-likeness (QED) is 0.580. The Labute approximate surface area is 175 Å². The van der Waals surface area contributed by atoms with Gasteiger partial charge in [-0.1, -0.05) is 12.1 Å². The maximum atomic E-state index is 13.0. The Hall–Kier alpha value is -3.17. The highest BCUT2D eigenvalue weighted by molar-refractivity contribution is 7.89. The first kappa shape index (κ1) is 21.5. The number of rotatable bonds is 7. The molecule has 0 saturated carbocycles. The molecule has 0 aliphatic heterocycles. The summed E-state index contributed by atoms with van der Waals surface area (Å²) in [5.41, 5.74) is 2.30. The fourth-order valence-electron chi connectivity index (χ4n) is 3.17. The van der Waals surface area contributed by atoms with Crippen LogP contribution in [0.2, 0.25) is 0 Å². The minimum atomic E-state index is -3.98. The molecule has 0 radical (unpaired) electrons. The first-order chi connectivity index (χ1) is 14.3. The van der Waals surface area contributed by atoms with Gasteiger partial charge in [-0.15, -0.1) is 0 Å². The van der Waals surface area contributed by atoms with Gasteiger partial charge in [0.2, 0.25) is 10.0 Å². The molecule has 0 bridgehead atoms. The number of esters is 1. The zero-order valence-corrected chi connectivity index (χ0v) is 17.9. The van der Waals surface area contributed by atoms with E-state index in [0.29, 0.717) is 5.56 Å². The van der Waals surface area contributed by atoms with Gasteiger partial charge in [-0.3, -0.25) is 0 Å². The zero-order chi connectivity index (χ0) is 21.9. The third kappa shape index (κ3) is 4.22. The van der Waals surface area contributed by atoms with E-state index in [-0.39, 0.29) is 10.5 Å². The summed E-state index contributed by atoms with van der Waals surface area (Å²) in [4.78, 5) is 11.8. The lowest BCUT2D eigenvalue weighted by molar-refractivity contribution is 0.0596. The number of hydrogen-bond donors (Lipinski definition) is 1. The van der Waals surface area contributed by atoms with Gasteiger partial charge in [0, 0.05) is 17.3 Å². The van der Waals surface area contributed by atoms with E-state index < -0.39 is 22.0 Å². The van der Waals surface area contributed by atoms with E-state index in [1.54, 1.807) is 37.0 Å². The van der Waals surface area contributed by atoms with Gasteiger partial charge in [0.15, 0.2) is 0 Å². The SMILES string of the molecule is COC(=O)c1ccccc1S(=O)(=O)N[C@@H](C)c1cnn(-c2ccc(OC)cc2)c1C. The molecule has 1 atom stereocenters. The minimum absolute atomic E-state index is 0.0228. The summed E-state index contributed by atoms with van der Waals surface area (Å²) >= 11 is 0. The Morgan fingerprint density at radius 3 is 2.40 bits per heavy atom. The third-order valence-corrected chi connectivity index (χ3v) is 6.34. The van der Waals surface area contributed by atoms with E-state index in [4.69, 9.17) is 9.47 Å². The summed E-state index contributed by atoms with van der Waals surface area (Å²) in [6.07, 6.45) is 1.62. The number of aromatic nitrogens is 2. The van der Waals surface area contributed by atoms with Gasteiger partial charge in [0.05, 0.1) is 36.6 Å². The Balaban J connectivity index is 1.89. The van der Waals surface area contributed by atoms with Crippen molar-refractivity contribution in [1.82, 2.24) is 14.5 Å². The first-order valence-corrected chi connectivity index (χ1v) is 10.7. The van der Waals surface area contributed by atoms with Gasteiger partial charge in [0.1, 0.15) is 5.75 Å². The van der Waals surface area contributed by atoms with Gasteiger partial charge in [-0.25, -0.2) is 22.6 Å². The molecule has 0 unspecified atom stereocenters. The summed E-state index contributed by atoms with van der Waals surface area (Å²) in [5.74, 6) is 0.0151. The van der Waals surface area contributed by atoms with E-state index in [1.807, 2.05) is 31.2 Å². The molecule has 1 N–H and O–H groups in total. The number of ether oxygens (including phenoxy) is 2. The monoisotopic (exact) mass is 429 g/mol. The number of nitrogens with zero attached hydrogens (tertiary/aromatic N) is 2. The fraction of sp³-hybridized carbons (Fsp3) is 0.238. The highest BCUT2D eigenvalue weighted by Crippen LogP contribution is 2.24. The molecule has 0 spiro atoms. The van der Waals surface area contributed by atoms with Crippen LogP contribution in [0.5, 0.6) is 5.75 Å². The van der Waals surface area contributed by atoms with Crippen LogP contribution in [0.4, 0.5) is 0 Å². The summed E-state index contributed by atoms with van der Waals surface area (Å²) in [5, 5.41) is 4.39. The molecule has 2 aromatic carbocycles. The molecular weight excluding hydrogens is 406 g/mol. The van der Waals surface area contributed by atoms with Crippen LogP contribution >= 0.6 is 0 Å². The van der Waals surface area contributed by atoms with Crippen molar-refractivity contribution in [3.05, 3.63) is 71.5 Å². The number of methoxy groups -OCH3 is 2. The number of benzene rings is 2. The summed E-state index contributed by atoms with van der Waals surface area (Å²) in [6, 6.07) is 12.7. The Kier molecular flexibility index (Phi) is 6.23. The maximum Gasteiger partial charge on any atom is 0.339 e. The van der Waals surface area contributed by atoms with E-state index in [1.165, 1.54) is 19.2 Å². The minimum Gasteiger partial charge on any atom is -0.497 e. The number of sulfonamides is 1. The predicted molar refractivity (Wildman–Crippen MR) is 111 cm³/mol. The van der Waals surface area contributed by atoms with Gasteiger partial charge < -0.3 is 9.47 Å². The van der Waals surface area contributed by atoms with Crippen molar-refractivity contribution in [2.24, 2.45) is 0 Å². The first-order valence-electron chi connectivity index (χ1n) is 9.17. The number of carbonyl (C=O) groups excluding carboxylic acids is 1. The molecule has 0 saturated heterocycles. The molecule has 3 rings (SSSR count). The molecule has 3 aromatic rings. The average Bonchev–Trinajstić information content (AvgIpc) is 3.14. The van der Waals surface area contributed by atoms with Crippen LogP contribution in [0, 0.1) is 6.92 Å². The van der Waals surface area contributed by atoms with E-state index in [0.717, 1.165) is 17.1 Å². The Bertz CT molecular complexity index is 1150. The number of carbonyl (C=O) groups is 1. The maximum absolute atomic E-state index is 13.0. The van der Waals surface area contributed by atoms with E-state index in [2.05, 4.69) is 9.82 Å². The van der Waals surface area contributed by atoms with Crippen molar-refractivity contribution in [3.63, 3.8) is 0 Å². The van der Waals surface area contributed by atoms with Crippen LogP contribution in [0.1, 0.15) is 34.6 Å². The van der Waals surface area contributed by atoms with Crippen LogP contribution in [0.25, 0.3) is 5.69 Å². The molecule has 8 nitrogen and oxygen atoms in total. The molecule has 1 heterocycles. The second kappa shape index (κ2) is 8.68. The van der Waals surface area contributed by atoms with Gasteiger partial charge in [-0.05, 0) is 50.2 Å². The van der Waals surface area contributed by atoms with Crippen molar-refractivity contribution in [1.29, 1.82) is 0 Å². The largest absolute Gasteiger partial charge is 0.497 e. The second-order valence-corrected chi connectivity index (χ2v) is 8.31. The lowest BCUT2D eigenvalue weighted by Crippen LogP contribution is -2.28. The summed E-state index contributed by atoms with van der Waals surface area (Å²) < 4.78 is 40.1. The topological polar surface area (TPSA) is 99.5 Å². The molecule has 158 valence electrons. The Morgan fingerprint density at radius 1 is 1.10 bits per heavy atom. The lowest BCUT2D eigenvalue weighted by Gasteiger charge is -2.16. The zero-order valence-electron chi connectivity index (χ0n) is 17.1. The highest BCUT2D eigenvalue weighted by atomic mass is 32.2. The fourth-order valence-corrected chi connectivity index (χ4v) is 4.59. The average molecular weight is 429 g/mol. The van der Waals surface area contributed by atoms with E-state index in [9.17, 15) is 13.2 Å². The Morgan fingerprint density at radius 2 is 1.77 bits per heavy atom. The third-order valence-electron chi connectivity index (χ3n) is 4.75. The molecule has 0 amide bonds. The molecule has 9 heteroatoms. The molecule has 0 aliphatic rings. The molecular formula is C21H23N3O5S. The number of hydrogen-bond acceptors (Lipinski definition) is 6. The van der Waals surface area contributed by atoms with Crippen LogP contribution in [-0.4, -0.2) is 38.4 Å². The summed E-state index contributed by atoms with van der Waals surface area (Å²) in [7, 11) is -1.18. The van der Waals surface area contributed by atoms with Crippen molar-refractivity contribution < 1.29 is 22.7 Å². The highest BCUT2D eigenvalue weighted by Gasteiger charge is 2.26. The predicted octanol–water partition coefficient (Wildman–Crippen LogP) is 3.02. The summed E-state index contributed by atoms with van der Waals surface area (Å²) in [6.45, 7) is 3.58. The van der Waals surface area contributed by atoms with Gasteiger partial charge >= 0.3 is 5.97 Å². The molecule has 1 aromatic heterocycles. The van der Waals surface area contributed by atoms with Crippen molar-refractivity contribution in [3.8, 4) is 11.4 Å². The second-order valence-electron chi connectivity index (χ2n) is 6.63. The number of nitrogens with one attached hydrogen (secondary N) is 1. The molecule has 0 aliphatic carbocycles. The standard InChI is InChI=1S/C21H23N3O5S/c1-14(23-30(26,27)20-8-6-5-7-18(20)21(25)29-4)19-13-22-24(15(19)2)16-9-11-17(28-3)12-10-16/h5-14,23H,1-4H3/t14-/m0/s1. The normalized spacial score (nSPS) is 12.4. The van der Waals surface area contributed by atoms with Crippen molar-refractivity contribution in [2.75, 3.05) is 14.2 Å². The molecule has 30 heavy (non-hydrogen) atoms. The van der Waals surface area contributed by atoms with Crippen LogP contribution in [0.15, 0.2) is 59.6 Å². The van der Waals surface area contributed by atoms with Crippen LogP contribution < -0.4 is 9.46 Å². The van der Waals surface area contributed by atoms with Crippen LogP contribution in [0.3, 0.4) is 0 Å². The van der Waals surface area contributed by atoms with Crippen molar-refractivity contribution >= 4 is 16.0 Å². The van der Waals surface area contributed by atoms with Gasteiger partial charge in [0.25, 0.3) is 0 Å². The molecule has 0 fully saturated rings. The van der Waals surface area contributed by atoms with Gasteiger partial charge in [-0.2, -0.15) is 5.10 Å². The lowest BCUT2D eigenvalue weighted by atomic mass is 10.1. The van der Waals surface area contributed by atoms with Crippen molar-refractivity contribution in [2.45, 2.75) is 24.8 Å². The smallest absolute Gasteiger partial charge is 0.339 e.